The Morgan fingerprint density at radius 3 is 2.61 bits per heavy atom. The molecule has 0 spiro atoms. The highest BCUT2D eigenvalue weighted by molar-refractivity contribution is 7.91. The molecule has 1 unspecified atom stereocenters. The van der Waals surface area contributed by atoms with Crippen molar-refractivity contribution in [2.24, 2.45) is 0 Å². The lowest BCUT2D eigenvalue weighted by molar-refractivity contribution is 0.0736. The zero-order valence-corrected chi connectivity index (χ0v) is 17.0. The van der Waals surface area contributed by atoms with Gasteiger partial charge in [-0.25, -0.2) is 8.42 Å². The van der Waals surface area contributed by atoms with Crippen LogP contribution in [0.5, 0.6) is 0 Å². The van der Waals surface area contributed by atoms with Crippen LogP contribution in [0.1, 0.15) is 39.1 Å². The van der Waals surface area contributed by atoms with Crippen molar-refractivity contribution >= 4 is 33.9 Å². The van der Waals surface area contributed by atoms with Crippen LogP contribution in [0.2, 0.25) is 0 Å². The number of rotatable bonds is 3. The van der Waals surface area contributed by atoms with Gasteiger partial charge in [0.2, 0.25) is 9.84 Å². The van der Waals surface area contributed by atoms with Crippen LogP contribution < -0.4 is 5.32 Å². The lowest BCUT2D eigenvalue weighted by Crippen LogP contribution is -2.40. The molecular formula is C20H21ClN2O4S. The van der Waals surface area contributed by atoms with E-state index in [4.69, 9.17) is 0 Å². The molecule has 6 nitrogen and oxygen atoms in total. The fraction of sp³-hybridized carbons (Fsp3) is 0.300. The number of hydrogen-bond donors (Lipinski definition) is 1. The largest absolute Gasteiger partial charge is 0.334 e. The number of hydrogen-bond acceptors (Lipinski definition) is 5. The van der Waals surface area contributed by atoms with Gasteiger partial charge in [-0.1, -0.05) is 12.1 Å². The summed E-state index contributed by atoms with van der Waals surface area (Å²) in [6, 6.07) is 10.7. The third-order valence-corrected chi connectivity index (χ3v) is 7.11. The molecule has 0 aromatic heterocycles. The van der Waals surface area contributed by atoms with Gasteiger partial charge >= 0.3 is 0 Å². The third kappa shape index (κ3) is 3.13. The summed E-state index contributed by atoms with van der Waals surface area (Å²) in [5.41, 5.74) is 0.601. The summed E-state index contributed by atoms with van der Waals surface area (Å²) in [6.45, 7) is 1.34. The van der Waals surface area contributed by atoms with E-state index in [9.17, 15) is 18.0 Å². The van der Waals surface area contributed by atoms with Crippen LogP contribution >= 0.6 is 12.4 Å². The SMILES string of the molecule is CNCC1CCCN1C(=O)c1ccc2c(c1)S(=O)(=O)c1ccccc1C2=O.Cl. The maximum atomic E-state index is 13.0. The van der Waals surface area contributed by atoms with Crippen molar-refractivity contribution in [1.82, 2.24) is 10.2 Å². The number of carbonyl (C=O) groups is 2. The Labute approximate surface area is 170 Å². The molecule has 0 saturated carbocycles. The van der Waals surface area contributed by atoms with Crippen molar-refractivity contribution in [1.29, 1.82) is 0 Å². The molecule has 1 fully saturated rings. The molecule has 1 N–H and O–H groups in total. The van der Waals surface area contributed by atoms with Crippen LogP contribution in [0.15, 0.2) is 52.3 Å². The normalized spacial score (nSPS) is 19.5. The number of carbonyl (C=O) groups excluding carboxylic acids is 2. The summed E-state index contributed by atoms with van der Waals surface area (Å²) in [4.78, 5) is 27.4. The molecule has 2 aliphatic heterocycles. The second kappa shape index (κ2) is 7.66. The maximum Gasteiger partial charge on any atom is 0.254 e. The summed E-state index contributed by atoms with van der Waals surface area (Å²) in [6.07, 6.45) is 1.84. The van der Waals surface area contributed by atoms with Crippen LogP contribution in [0, 0.1) is 0 Å². The fourth-order valence-corrected chi connectivity index (χ4v) is 5.61. The molecule has 2 aromatic rings. The standard InChI is InChI=1S/C20H20N2O4S.ClH/c1-21-12-14-5-4-10-22(14)20(24)13-8-9-16-18(11-13)27(25,26)17-7-3-2-6-15(17)19(16)23;/h2-3,6-9,11,14,21H,4-5,10,12H2,1H3;1H. The van der Waals surface area contributed by atoms with Crippen LogP contribution in [-0.2, 0) is 9.84 Å². The van der Waals surface area contributed by atoms with Gasteiger partial charge in [0.25, 0.3) is 5.91 Å². The van der Waals surface area contributed by atoms with Gasteiger partial charge in [0.15, 0.2) is 5.78 Å². The number of amides is 1. The smallest absolute Gasteiger partial charge is 0.254 e. The van der Waals surface area contributed by atoms with E-state index < -0.39 is 9.84 Å². The van der Waals surface area contributed by atoms with Crippen LogP contribution in [0.25, 0.3) is 0 Å². The van der Waals surface area contributed by atoms with Gasteiger partial charge in [-0.3, -0.25) is 9.59 Å². The molecule has 1 atom stereocenters. The topological polar surface area (TPSA) is 83.6 Å². The summed E-state index contributed by atoms with van der Waals surface area (Å²) < 4.78 is 26.0. The Morgan fingerprint density at radius 2 is 1.86 bits per heavy atom. The number of fused-ring (bicyclic) bond motifs is 2. The Balaban J connectivity index is 0.00000225. The molecule has 0 bridgehead atoms. The molecule has 1 amide bonds. The van der Waals surface area contributed by atoms with Crippen molar-refractivity contribution in [2.75, 3.05) is 20.1 Å². The van der Waals surface area contributed by atoms with Gasteiger partial charge in [-0.05, 0) is 50.2 Å². The molecule has 2 aliphatic rings. The second-order valence-corrected chi connectivity index (χ2v) is 8.78. The maximum absolute atomic E-state index is 13.0. The predicted octanol–water partition coefficient (Wildman–Crippen LogP) is 2.31. The van der Waals surface area contributed by atoms with Crippen molar-refractivity contribution in [2.45, 2.75) is 28.7 Å². The van der Waals surface area contributed by atoms with Crippen LogP contribution in [-0.4, -0.2) is 51.2 Å². The minimum atomic E-state index is -3.84. The molecule has 148 valence electrons. The number of nitrogens with zero attached hydrogens (tertiary/aromatic N) is 1. The van der Waals surface area contributed by atoms with E-state index in [1.165, 1.54) is 24.3 Å². The Bertz CT molecular complexity index is 1050. The Morgan fingerprint density at radius 1 is 1.14 bits per heavy atom. The van der Waals surface area contributed by atoms with Gasteiger partial charge in [-0.2, -0.15) is 0 Å². The second-order valence-electron chi connectivity index (χ2n) is 6.89. The van der Waals surface area contributed by atoms with E-state index in [1.807, 2.05) is 7.05 Å². The van der Waals surface area contributed by atoms with E-state index in [1.54, 1.807) is 23.1 Å². The average Bonchev–Trinajstić information content (AvgIpc) is 3.14. The van der Waals surface area contributed by atoms with Gasteiger partial charge in [-0.15, -0.1) is 12.4 Å². The Hall–Kier alpha value is -2.22. The van der Waals surface area contributed by atoms with Gasteiger partial charge in [0.05, 0.1) is 9.79 Å². The van der Waals surface area contributed by atoms with E-state index in [0.717, 1.165) is 12.8 Å². The quantitative estimate of drug-likeness (QED) is 0.703. The van der Waals surface area contributed by atoms with E-state index >= 15 is 0 Å². The predicted molar refractivity (Wildman–Crippen MR) is 107 cm³/mol. The number of likely N-dealkylation sites (N-methyl/N-ethyl adjacent to an activating group) is 1. The minimum Gasteiger partial charge on any atom is -0.334 e. The van der Waals surface area contributed by atoms with Gasteiger partial charge in [0.1, 0.15) is 0 Å². The van der Waals surface area contributed by atoms with E-state index in [-0.39, 0.29) is 51.1 Å². The minimum absolute atomic E-state index is 0. The molecular weight excluding hydrogens is 400 g/mol. The highest BCUT2D eigenvalue weighted by Gasteiger charge is 2.36. The number of benzene rings is 2. The van der Waals surface area contributed by atoms with Crippen molar-refractivity contribution < 1.29 is 18.0 Å². The first-order valence-corrected chi connectivity index (χ1v) is 10.4. The number of halogens is 1. The molecule has 8 heteroatoms. The summed E-state index contributed by atoms with van der Waals surface area (Å²) >= 11 is 0. The third-order valence-electron chi connectivity index (χ3n) is 5.26. The lowest BCUT2D eigenvalue weighted by atomic mass is 10.0. The highest BCUT2D eigenvalue weighted by Crippen LogP contribution is 2.35. The van der Waals surface area contributed by atoms with Gasteiger partial charge in [0, 0.05) is 35.8 Å². The molecule has 2 aromatic carbocycles. The molecule has 1 saturated heterocycles. The van der Waals surface area contributed by atoms with E-state index in [2.05, 4.69) is 5.32 Å². The zero-order chi connectivity index (χ0) is 19.2. The molecule has 4 rings (SSSR count). The first-order valence-electron chi connectivity index (χ1n) is 8.93. The van der Waals surface area contributed by atoms with Crippen molar-refractivity contribution in [3.63, 3.8) is 0 Å². The van der Waals surface area contributed by atoms with Crippen molar-refractivity contribution in [3.8, 4) is 0 Å². The van der Waals surface area contributed by atoms with Crippen LogP contribution in [0.3, 0.4) is 0 Å². The first-order chi connectivity index (χ1) is 12.9. The van der Waals surface area contributed by atoms with Crippen molar-refractivity contribution in [3.05, 3.63) is 59.2 Å². The number of likely N-dealkylation sites (tertiary alicyclic amines) is 1. The monoisotopic (exact) mass is 420 g/mol. The fourth-order valence-electron chi connectivity index (χ4n) is 3.93. The highest BCUT2D eigenvalue weighted by atomic mass is 35.5. The molecule has 0 aliphatic carbocycles. The molecule has 2 heterocycles. The lowest BCUT2D eigenvalue weighted by Gasteiger charge is -2.25. The Kier molecular flexibility index (Phi) is 5.61. The molecule has 28 heavy (non-hydrogen) atoms. The van der Waals surface area contributed by atoms with Crippen LogP contribution in [0.4, 0.5) is 0 Å². The molecule has 0 radical (unpaired) electrons. The zero-order valence-electron chi connectivity index (χ0n) is 15.3. The first kappa shape index (κ1) is 20.5. The number of nitrogens with one attached hydrogen (secondary N) is 1. The van der Waals surface area contributed by atoms with Gasteiger partial charge < -0.3 is 10.2 Å². The number of ketones is 1. The summed E-state index contributed by atoms with van der Waals surface area (Å²) in [5, 5.41) is 3.09. The average molecular weight is 421 g/mol. The number of sulfone groups is 1. The summed E-state index contributed by atoms with van der Waals surface area (Å²) in [7, 11) is -2.00. The van der Waals surface area contributed by atoms with E-state index in [0.29, 0.717) is 18.7 Å². The summed E-state index contributed by atoms with van der Waals surface area (Å²) in [5.74, 6) is -0.527.